The Kier molecular flexibility index (Phi) is 2.22. The molecule has 0 aliphatic carbocycles. The van der Waals surface area contributed by atoms with Gasteiger partial charge in [-0.3, -0.25) is 4.79 Å². The summed E-state index contributed by atoms with van der Waals surface area (Å²) < 4.78 is 4.80. The van der Waals surface area contributed by atoms with Gasteiger partial charge in [0, 0.05) is 5.56 Å². The summed E-state index contributed by atoms with van der Waals surface area (Å²) in [5.41, 5.74) is 3.13. The summed E-state index contributed by atoms with van der Waals surface area (Å²) >= 11 is 1.15. The Labute approximate surface area is 100 Å². The van der Waals surface area contributed by atoms with Gasteiger partial charge in [0.25, 0.3) is 5.56 Å². The van der Waals surface area contributed by atoms with Crippen LogP contribution in [0.4, 0.5) is 0 Å². The van der Waals surface area contributed by atoms with Crippen LogP contribution in [-0.2, 0) is 0 Å². The number of H-pyrrole nitrogens is 1. The minimum absolute atomic E-state index is 0.244. The van der Waals surface area contributed by atoms with Gasteiger partial charge in [-0.05, 0) is 24.5 Å². The summed E-state index contributed by atoms with van der Waals surface area (Å²) in [6.45, 7) is 2.01. The molecule has 0 aliphatic rings. The lowest BCUT2D eigenvalue weighted by atomic mass is 10.1. The summed E-state index contributed by atoms with van der Waals surface area (Å²) in [6, 6.07) is 7.93. The Morgan fingerprint density at radius 2 is 2.24 bits per heavy atom. The number of hydrogen-bond donors (Lipinski definition) is 1. The van der Waals surface area contributed by atoms with Gasteiger partial charge in [-0.1, -0.05) is 29.0 Å². The monoisotopic (exact) mass is 244 g/mol. The maximum absolute atomic E-state index is 11.5. The zero-order valence-electron chi connectivity index (χ0n) is 8.97. The molecule has 1 N–H and O–H groups in total. The predicted molar refractivity (Wildman–Crippen MR) is 66.0 cm³/mol. The molecule has 2 aromatic heterocycles. The van der Waals surface area contributed by atoms with E-state index < -0.39 is 0 Å². The molecule has 0 radical (unpaired) electrons. The average Bonchev–Trinajstić information content (AvgIpc) is 2.74. The van der Waals surface area contributed by atoms with Gasteiger partial charge in [0.1, 0.15) is 15.9 Å². The van der Waals surface area contributed by atoms with Gasteiger partial charge >= 0.3 is 0 Å². The van der Waals surface area contributed by atoms with Crippen LogP contribution in [-0.4, -0.2) is 19.8 Å². The van der Waals surface area contributed by atoms with E-state index in [1.165, 1.54) is 0 Å². The highest BCUT2D eigenvalue weighted by Crippen LogP contribution is 2.26. The molecule has 0 unspecified atom stereocenters. The molecule has 1 aromatic carbocycles. The molecule has 84 valence electrons. The van der Waals surface area contributed by atoms with E-state index in [1.807, 2.05) is 31.2 Å². The molecule has 0 aliphatic heterocycles. The van der Waals surface area contributed by atoms with Gasteiger partial charge in [0.05, 0.1) is 0 Å². The number of aromatic amines is 1. The molecule has 0 bridgehead atoms. The first kappa shape index (κ1) is 10.1. The number of benzene rings is 1. The molecule has 3 rings (SSSR count). The Morgan fingerprint density at radius 1 is 1.35 bits per heavy atom. The van der Waals surface area contributed by atoms with Crippen LogP contribution >= 0.6 is 11.5 Å². The molecule has 0 saturated heterocycles. The second-order valence-corrected chi connectivity index (χ2v) is 4.49. The van der Waals surface area contributed by atoms with Gasteiger partial charge in [0.15, 0.2) is 0 Å². The number of aromatic nitrogens is 4. The molecule has 0 amide bonds. The number of nitrogens with one attached hydrogen (secondary N) is 1. The number of hydrogen-bond acceptors (Lipinski definition) is 5. The maximum atomic E-state index is 11.5. The van der Waals surface area contributed by atoms with Crippen molar-refractivity contribution in [3.8, 4) is 11.3 Å². The first-order valence-electron chi connectivity index (χ1n) is 5.03. The van der Waals surface area contributed by atoms with Crippen LogP contribution in [0.15, 0.2) is 29.1 Å². The highest BCUT2D eigenvalue weighted by Gasteiger charge is 2.12. The SMILES string of the molecule is Cc1cccc(-c2nsc3c(=O)[nH]nnc23)c1. The first-order chi connectivity index (χ1) is 8.25. The molecule has 2 heterocycles. The van der Waals surface area contributed by atoms with Gasteiger partial charge in [-0.2, -0.15) is 4.37 Å². The second-order valence-electron chi connectivity index (χ2n) is 3.72. The molecule has 3 aromatic rings. The van der Waals surface area contributed by atoms with Gasteiger partial charge in [-0.15, -0.1) is 5.10 Å². The lowest BCUT2D eigenvalue weighted by molar-refractivity contribution is 0.875. The quantitative estimate of drug-likeness (QED) is 0.708. The Hall–Kier alpha value is -2.08. The van der Waals surface area contributed by atoms with E-state index in [0.29, 0.717) is 15.9 Å². The van der Waals surface area contributed by atoms with Gasteiger partial charge in [-0.25, -0.2) is 5.10 Å². The van der Waals surface area contributed by atoms with Gasteiger partial charge in [0.2, 0.25) is 0 Å². The van der Waals surface area contributed by atoms with Crippen molar-refractivity contribution in [3.63, 3.8) is 0 Å². The lowest BCUT2D eigenvalue weighted by Crippen LogP contribution is -2.07. The molecule has 0 atom stereocenters. The molecule has 0 fully saturated rings. The molecular weight excluding hydrogens is 236 g/mol. The third kappa shape index (κ3) is 1.62. The normalized spacial score (nSPS) is 10.9. The molecule has 6 heteroatoms. The number of rotatable bonds is 1. The van der Waals surface area contributed by atoms with Crippen molar-refractivity contribution in [1.29, 1.82) is 0 Å². The number of aryl methyl sites for hydroxylation is 1. The Bertz CT molecular complexity index is 746. The molecule has 0 saturated carbocycles. The molecule has 17 heavy (non-hydrogen) atoms. The fourth-order valence-electron chi connectivity index (χ4n) is 1.68. The zero-order chi connectivity index (χ0) is 11.8. The standard InChI is InChI=1S/C11H8N4OS/c1-6-3-2-4-7(5-6)8-9-10(17-14-8)11(16)13-15-12-9/h2-5H,1H3,(H,12,13,16). The fraction of sp³-hybridized carbons (Fsp3) is 0.0909. The van der Waals surface area contributed by atoms with E-state index in [4.69, 9.17) is 0 Å². The molecule has 0 spiro atoms. The third-order valence-corrected chi connectivity index (χ3v) is 3.30. The summed E-state index contributed by atoms with van der Waals surface area (Å²) in [5, 5.41) is 9.83. The highest BCUT2D eigenvalue weighted by molar-refractivity contribution is 7.13. The van der Waals surface area contributed by atoms with Crippen LogP contribution in [0.1, 0.15) is 5.56 Å². The van der Waals surface area contributed by atoms with Crippen molar-refractivity contribution in [2.45, 2.75) is 6.92 Å². The van der Waals surface area contributed by atoms with Crippen LogP contribution in [0.25, 0.3) is 21.5 Å². The van der Waals surface area contributed by atoms with E-state index in [0.717, 1.165) is 22.7 Å². The van der Waals surface area contributed by atoms with Crippen molar-refractivity contribution in [1.82, 2.24) is 19.8 Å². The number of nitrogens with zero attached hydrogens (tertiary/aromatic N) is 3. The van der Waals surface area contributed by atoms with Crippen molar-refractivity contribution >= 4 is 21.7 Å². The summed E-state index contributed by atoms with van der Waals surface area (Å²) in [6.07, 6.45) is 0. The Morgan fingerprint density at radius 3 is 3.06 bits per heavy atom. The Balaban J connectivity index is 2.32. The predicted octanol–water partition coefficient (Wildman–Crippen LogP) is 1.75. The van der Waals surface area contributed by atoms with Crippen LogP contribution in [0.3, 0.4) is 0 Å². The molecule has 5 nitrogen and oxygen atoms in total. The fourth-order valence-corrected chi connectivity index (χ4v) is 2.41. The summed E-state index contributed by atoms with van der Waals surface area (Å²) in [5.74, 6) is 0. The van der Waals surface area contributed by atoms with E-state index in [9.17, 15) is 4.79 Å². The van der Waals surface area contributed by atoms with Crippen LogP contribution in [0.5, 0.6) is 0 Å². The van der Waals surface area contributed by atoms with Crippen molar-refractivity contribution < 1.29 is 0 Å². The van der Waals surface area contributed by atoms with Gasteiger partial charge < -0.3 is 0 Å². The van der Waals surface area contributed by atoms with E-state index in [1.54, 1.807) is 0 Å². The lowest BCUT2D eigenvalue weighted by Gasteiger charge is -1.98. The summed E-state index contributed by atoms with van der Waals surface area (Å²) in [7, 11) is 0. The van der Waals surface area contributed by atoms with Crippen molar-refractivity contribution in [3.05, 3.63) is 40.2 Å². The van der Waals surface area contributed by atoms with Crippen LogP contribution < -0.4 is 5.56 Å². The number of fused-ring (bicyclic) bond motifs is 1. The first-order valence-corrected chi connectivity index (χ1v) is 5.81. The zero-order valence-corrected chi connectivity index (χ0v) is 9.78. The summed E-state index contributed by atoms with van der Waals surface area (Å²) in [4.78, 5) is 11.5. The minimum atomic E-state index is -0.244. The largest absolute Gasteiger partial charge is 0.286 e. The maximum Gasteiger partial charge on any atom is 0.286 e. The van der Waals surface area contributed by atoms with Crippen LogP contribution in [0.2, 0.25) is 0 Å². The van der Waals surface area contributed by atoms with E-state index >= 15 is 0 Å². The topological polar surface area (TPSA) is 71.5 Å². The average molecular weight is 244 g/mol. The minimum Gasteiger partial charge on any atom is -0.266 e. The second kappa shape index (κ2) is 3.74. The van der Waals surface area contributed by atoms with Crippen LogP contribution in [0, 0.1) is 6.92 Å². The van der Waals surface area contributed by atoms with E-state index in [2.05, 4.69) is 19.8 Å². The highest BCUT2D eigenvalue weighted by atomic mass is 32.1. The third-order valence-electron chi connectivity index (χ3n) is 2.47. The van der Waals surface area contributed by atoms with Crippen molar-refractivity contribution in [2.24, 2.45) is 0 Å². The molecular formula is C11H8N4OS. The smallest absolute Gasteiger partial charge is 0.266 e. The van der Waals surface area contributed by atoms with Crippen molar-refractivity contribution in [2.75, 3.05) is 0 Å². The van der Waals surface area contributed by atoms with E-state index in [-0.39, 0.29) is 5.56 Å².